The second kappa shape index (κ2) is 5.16. The number of para-hydroxylation sites is 1. The van der Waals surface area contributed by atoms with Crippen LogP contribution in [0.15, 0.2) is 36.4 Å². The van der Waals surface area contributed by atoms with Crippen molar-refractivity contribution < 1.29 is 9.53 Å². The molecule has 2 aromatic rings. The van der Waals surface area contributed by atoms with Gasteiger partial charge in [0, 0.05) is 5.39 Å². The standard InChI is InChI=1S/C9H8N2.C3H5NO2/c10-9-6-5-7-3-1-2-4-8(7)11-9;5-3-4-1-2-6-3/h1-6H,(H2,10,11);1-2H2,(H,4,5). The van der Waals surface area contributed by atoms with Crippen LogP contribution in [0.4, 0.5) is 10.6 Å². The fourth-order valence-corrected chi connectivity index (χ4v) is 1.43. The normalized spacial score (nSPS) is 13.5. The minimum atomic E-state index is -0.296. The maximum absolute atomic E-state index is 9.91. The molecule has 0 spiro atoms. The van der Waals surface area contributed by atoms with Crippen LogP contribution in [0, 0.1) is 0 Å². The lowest BCUT2D eigenvalue weighted by Gasteiger charge is -1.95. The van der Waals surface area contributed by atoms with E-state index in [0.29, 0.717) is 19.0 Å². The number of carbonyl (C=O) groups excluding carboxylic acids is 1. The van der Waals surface area contributed by atoms with Gasteiger partial charge in [0.15, 0.2) is 0 Å². The molecule has 1 amide bonds. The zero-order chi connectivity index (χ0) is 12.1. The van der Waals surface area contributed by atoms with E-state index in [1.165, 1.54) is 0 Å². The number of nitrogens with two attached hydrogens (primary N) is 1. The number of carbonyl (C=O) groups is 1. The number of aromatic nitrogens is 1. The van der Waals surface area contributed by atoms with Crippen LogP contribution in [-0.2, 0) is 4.74 Å². The summed E-state index contributed by atoms with van der Waals surface area (Å²) < 4.78 is 4.40. The van der Waals surface area contributed by atoms with Crippen molar-refractivity contribution in [2.24, 2.45) is 0 Å². The molecule has 1 saturated heterocycles. The van der Waals surface area contributed by atoms with Gasteiger partial charge >= 0.3 is 6.09 Å². The topological polar surface area (TPSA) is 77.2 Å². The number of rotatable bonds is 0. The SMILES string of the molecule is Nc1ccc2ccccc2n1.O=C1NCCO1. The maximum atomic E-state index is 9.91. The Balaban J connectivity index is 0.000000153. The molecule has 3 N–H and O–H groups in total. The third-order valence-corrected chi connectivity index (χ3v) is 2.22. The molecule has 1 aliphatic rings. The Morgan fingerprint density at radius 3 is 2.71 bits per heavy atom. The lowest BCUT2D eigenvalue weighted by Crippen LogP contribution is -2.11. The fraction of sp³-hybridized carbons (Fsp3) is 0.167. The van der Waals surface area contributed by atoms with Gasteiger partial charge in [0.1, 0.15) is 12.4 Å². The summed E-state index contributed by atoms with van der Waals surface area (Å²) in [6.07, 6.45) is -0.296. The first kappa shape index (κ1) is 11.2. The fourth-order valence-electron chi connectivity index (χ4n) is 1.43. The molecule has 1 aromatic heterocycles. The molecule has 0 atom stereocenters. The van der Waals surface area contributed by atoms with E-state index in [4.69, 9.17) is 5.73 Å². The van der Waals surface area contributed by atoms with Gasteiger partial charge in [0.05, 0.1) is 12.1 Å². The van der Waals surface area contributed by atoms with Gasteiger partial charge in [0.25, 0.3) is 0 Å². The van der Waals surface area contributed by atoms with Crippen LogP contribution in [0.3, 0.4) is 0 Å². The lowest BCUT2D eigenvalue weighted by molar-refractivity contribution is 0.178. The van der Waals surface area contributed by atoms with E-state index in [1.54, 1.807) is 0 Å². The number of hydrogen-bond acceptors (Lipinski definition) is 4. The van der Waals surface area contributed by atoms with Gasteiger partial charge in [-0.1, -0.05) is 18.2 Å². The molecular weight excluding hydrogens is 218 g/mol. The van der Waals surface area contributed by atoms with Crippen LogP contribution < -0.4 is 11.1 Å². The molecule has 1 aromatic carbocycles. The second-order valence-corrected chi connectivity index (χ2v) is 3.49. The number of cyclic esters (lactones) is 1. The molecule has 0 saturated carbocycles. The summed E-state index contributed by atoms with van der Waals surface area (Å²) in [6.45, 7) is 1.19. The van der Waals surface area contributed by atoms with Crippen molar-refractivity contribution in [1.29, 1.82) is 0 Å². The van der Waals surface area contributed by atoms with Crippen LogP contribution in [0.25, 0.3) is 10.9 Å². The molecule has 0 aliphatic carbocycles. The molecule has 0 bridgehead atoms. The molecule has 5 nitrogen and oxygen atoms in total. The van der Waals surface area contributed by atoms with Crippen LogP contribution in [0.1, 0.15) is 0 Å². The number of nitrogens with zero attached hydrogens (tertiary/aromatic N) is 1. The van der Waals surface area contributed by atoms with E-state index >= 15 is 0 Å². The quantitative estimate of drug-likeness (QED) is 0.721. The Hall–Kier alpha value is -2.30. The summed E-state index contributed by atoms with van der Waals surface area (Å²) in [5.74, 6) is 0.573. The highest BCUT2D eigenvalue weighted by Crippen LogP contribution is 2.11. The second-order valence-electron chi connectivity index (χ2n) is 3.49. The predicted molar refractivity (Wildman–Crippen MR) is 65.5 cm³/mol. The highest BCUT2D eigenvalue weighted by Gasteiger charge is 2.06. The van der Waals surface area contributed by atoms with Gasteiger partial charge in [0.2, 0.25) is 0 Å². The number of nitrogens with one attached hydrogen (secondary N) is 1. The van der Waals surface area contributed by atoms with E-state index in [-0.39, 0.29) is 6.09 Å². The zero-order valence-corrected chi connectivity index (χ0v) is 9.22. The van der Waals surface area contributed by atoms with E-state index in [0.717, 1.165) is 10.9 Å². The number of alkyl carbamates (subject to hydrolysis) is 1. The van der Waals surface area contributed by atoms with Crippen molar-refractivity contribution in [3.05, 3.63) is 36.4 Å². The van der Waals surface area contributed by atoms with Crippen molar-refractivity contribution in [3.8, 4) is 0 Å². The molecule has 0 radical (unpaired) electrons. The Kier molecular flexibility index (Phi) is 3.40. The average Bonchev–Trinajstić information content (AvgIpc) is 2.81. The smallest absolute Gasteiger partial charge is 0.407 e. The van der Waals surface area contributed by atoms with Crippen molar-refractivity contribution in [2.75, 3.05) is 18.9 Å². The molecule has 1 fully saturated rings. The summed E-state index contributed by atoms with van der Waals surface area (Å²) in [6, 6.07) is 11.7. The van der Waals surface area contributed by atoms with Crippen molar-refractivity contribution in [2.45, 2.75) is 0 Å². The summed E-state index contributed by atoms with van der Waals surface area (Å²) in [5.41, 5.74) is 6.46. The van der Waals surface area contributed by atoms with Crippen molar-refractivity contribution in [1.82, 2.24) is 10.3 Å². The molecule has 1 aliphatic heterocycles. The Labute approximate surface area is 98.6 Å². The van der Waals surface area contributed by atoms with Crippen molar-refractivity contribution in [3.63, 3.8) is 0 Å². The minimum absolute atomic E-state index is 0.296. The third-order valence-electron chi connectivity index (χ3n) is 2.22. The first-order valence-electron chi connectivity index (χ1n) is 5.27. The molecule has 2 heterocycles. The van der Waals surface area contributed by atoms with Crippen LogP contribution in [0.2, 0.25) is 0 Å². The number of ether oxygens (including phenoxy) is 1. The highest BCUT2D eigenvalue weighted by atomic mass is 16.6. The van der Waals surface area contributed by atoms with E-state index in [1.807, 2.05) is 36.4 Å². The number of amides is 1. The van der Waals surface area contributed by atoms with Gasteiger partial charge in [-0.3, -0.25) is 0 Å². The van der Waals surface area contributed by atoms with Gasteiger partial charge in [-0.05, 0) is 18.2 Å². The van der Waals surface area contributed by atoms with Crippen LogP contribution in [0.5, 0.6) is 0 Å². The third kappa shape index (κ3) is 3.07. The first-order chi connectivity index (χ1) is 8.25. The predicted octanol–water partition coefficient (Wildman–Crippen LogP) is 1.54. The Bertz CT molecular complexity index is 520. The Morgan fingerprint density at radius 1 is 1.24 bits per heavy atom. The van der Waals surface area contributed by atoms with Gasteiger partial charge in [-0.2, -0.15) is 0 Å². The molecular formula is C12H13N3O2. The van der Waals surface area contributed by atoms with E-state index in [9.17, 15) is 4.79 Å². The summed E-state index contributed by atoms with van der Waals surface area (Å²) in [7, 11) is 0. The number of pyridine rings is 1. The highest BCUT2D eigenvalue weighted by molar-refractivity contribution is 5.79. The monoisotopic (exact) mass is 231 g/mol. The molecule has 3 rings (SSSR count). The zero-order valence-electron chi connectivity index (χ0n) is 9.22. The van der Waals surface area contributed by atoms with Crippen LogP contribution >= 0.6 is 0 Å². The van der Waals surface area contributed by atoms with Crippen molar-refractivity contribution >= 4 is 22.8 Å². The molecule has 88 valence electrons. The summed E-state index contributed by atoms with van der Waals surface area (Å²) in [4.78, 5) is 14.1. The number of benzene rings is 1. The minimum Gasteiger partial charge on any atom is -0.448 e. The van der Waals surface area contributed by atoms with Gasteiger partial charge in [-0.25, -0.2) is 9.78 Å². The number of anilines is 1. The maximum Gasteiger partial charge on any atom is 0.407 e. The van der Waals surface area contributed by atoms with Crippen LogP contribution in [-0.4, -0.2) is 24.2 Å². The molecule has 5 heteroatoms. The van der Waals surface area contributed by atoms with E-state index < -0.39 is 0 Å². The van der Waals surface area contributed by atoms with Gasteiger partial charge in [-0.15, -0.1) is 0 Å². The number of fused-ring (bicyclic) bond motifs is 1. The molecule has 0 unspecified atom stereocenters. The Morgan fingerprint density at radius 2 is 2.06 bits per heavy atom. The summed E-state index contributed by atoms with van der Waals surface area (Å²) in [5, 5.41) is 3.58. The van der Waals surface area contributed by atoms with Gasteiger partial charge < -0.3 is 15.8 Å². The lowest BCUT2D eigenvalue weighted by atomic mass is 10.2. The molecule has 17 heavy (non-hydrogen) atoms. The first-order valence-corrected chi connectivity index (χ1v) is 5.27. The number of hydrogen-bond donors (Lipinski definition) is 2. The number of nitrogen functional groups attached to an aromatic ring is 1. The van der Waals surface area contributed by atoms with E-state index in [2.05, 4.69) is 15.0 Å². The summed E-state index contributed by atoms with van der Waals surface area (Å²) >= 11 is 0. The largest absolute Gasteiger partial charge is 0.448 e. The average molecular weight is 231 g/mol.